The second-order valence-corrected chi connectivity index (χ2v) is 6.32. The van der Waals surface area contributed by atoms with Crippen LogP contribution in [0.5, 0.6) is 5.75 Å². The van der Waals surface area contributed by atoms with Crippen molar-refractivity contribution in [2.75, 3.05) is 12.4 Å². The minimum absolute atomic E-state index is 0.0650. The van der Waals surface area contributed by atoms with E-state index in [1.54, 1.807) is 13.3 Å². The first-order valence-corrected chi connectivity index (χ1v) is 9.06. The monoisotopic (exact) mass is 372 g/mol. The number of imidazole rings is 1. The molecular weight excluding hydrogens is 352 g/mol. The van der Waals surface area contributed by atoms with Crippen LogP contribution in [0.15, 0.2) is 72.9 Å². The van der Waals surface area contributed by atoms with Crippen LogP contribution in [0.25, 0.3) is 16.9 Å². The number of carbonyl (C=O) groups is 1. The van der Waals surface area contributed by atoms with E-state index in [-0.39, 0.29) is 5.91 Å². The Morgan fingerprint density at radius 1 is 1.04 bits per heavy atom. The summed E-state index contributed by atoms with van der Waals surface area (Å²) in [5.41, 5.74) is 3.33. The molecule has 4 aromatic rings. The molecule has 6 nitrogen and oxygen atoms in total. The molecule has 0 spiro atoms. The number of aryl methyl sites for hydroxylation is 1. The number of hydrogen-bond acceptors (Lipinski definition) is 4. The summed E-state index contributed by atoms with van der Waals surface area (Å²) in [7, 11) is 1.61. The zero-order valence-corrected chi connectivity index (χ0v) is 15.5. The van der Waals surface area contributed by atoms with E-state index in [4.69, 9.17) is 9.72 Å². The maximum atomic E-state index is 12.4. The first-order valence-electron chi connectivity index (χ1n) is 9.06. The van der Waals surface area contributed by atoms with Crippen LogP contribution >= 0.6 is 0 Å². The van der Waals surface area contributed by atoms with Crippen LogP contribution in [0.3, 0.4) is 0 Å². The summed E-state index contributed by atoms with van der Waals surface area (Å²) < 4.78 is 7.14. The molecule has 2 aromatic carbocycles. The quantitative estimate of drug-likeness (QED) is 0.555. The molecule has 6 heteroatoms. The van der Waals surface area contributed by atoms with Crippen LogP contribution in [0.4, 0.5) is 5.69 Å². The summed E-state index contributed by atoms with van der Waals surface area (Å²) in [5, 5.41) is 2.91. The maximum absolute atomic E-state index is 12.4. The Morgan fingerprint density at radius 3 is 2.57 bits per heavy atom. The molecule has 0 aliphatic rings. The van der Waals surface area contributed by atoms with Crippen molar-refractivity contribution in [3.8, 4) is 11.4 Å². The molecule has 0 radical (unpaired) electrons. The predicted molar refractivity (Wildman–Crippen MR) is 109 cm³/mol. The number of nitrogens with zero attached hydrogens (tertiary/aromatic N) is 3. The van der Waals surface area contributed by atoms with Crippen LogP contribution in [0.1, 0.15) is 12.2 Å². The normalized spacial score (nSPS) is 10.8. The summed E-state index contributed by atoms with van der Waals surface area (Å²) in [6.45, 7) is 0. The second kappa shape index (κ2) is 7.92. The Morgan fingerprint density at radius 2 is 1.82 bits per heavy atom. The minimum atomic E-state index is -0.0650. The molecule has 28 heavy (non-hydrogen) atoms. The zero-order chi connectivity index (χ0) is 19.3. The van der Waals surface area contributed by atoms with Gasteiger partial charge < -0.3 is 10.1 Å². The number of pyridine rings is 1. The fourth-order valence-electron chi connectivity index (χ4n) is 3.10. The average Bonchev–Trinajstić information content (AvgIpc) is 3.12. The number of para-hydroxylation sites is 1. The maximum Gasteiger partial charge on any atom is 0.224 e. The van der Waals surface area contributed by atoms with Crippen molar-refractivity contribution >= 4 is 22.8 Å². The van der Waals surface area contributed by atoms with E-state index in [0.29, 0.717) is 12.8 Å². The van der Waals surface area contributed by atoms with E-state index >= 15 is 0 Å². The number of amides is 1. The highest BCUT2D eigenvalue weighted by atomic mass is 16.5. The molecule has 0 saturated heterocycles. The lowest BCUT2D eigenvalue weighted by Gasteiger charge is -2.09. The third-order valence-corrected chi connectivity index (χ3v) is 4.45. The highest BCUT2D eigenvalue weighted by molar-refractivity contribution is 5.90. The Hall–Kier alpha value is -3.67. The predicted octanol–water partition coefficient (Wildman–Crippen LogP) is 4.00. The summed E-state index contributed by atoms with van der Waals surface area (Å²) in [5.74, 6) is 1.50. The van der Waals surface area contributed by atoms with Gasteiger partial charge in [-0.15, -0.1) is 0 Å². The van der Waals surface area contributed by atoms with Gasteiger partial charge in [0.1, 0.15) is 17.1 Å². The number of anilines is 1. The molecule has 0 atom stereocenters. The number of aromatic nitrogens is 3. The zero-order valence-electron chi connectivity index (χ0n) is 15.5. The lowest BCUT2D eigenvalue weighted by Crippen LogP contribution is -2.13. The first kappa shape index (κ1) is 17.7. The summed E-state index contributed by atoms with van der Waals surface area (Å²) >= 11 is 0. The highest BCUT2D eigenvalue weighted by Crippen LogP contribution is 2.21. The number of carbonyl (C=O) groups excluding carboxylic acids is 1. The third-order valence-electron chi connectivity index (χ3n) is 4.45. The number of fused-ring (bicyclic) bond motifs is 1. The van der Waals surface area contributed by atoms with Crippen LogP contribution in [-0.4, -0.2) is 27.6 Å². The Bertz CT molecular complexity index is 1090. The van der Waals surface area contributed by atoms with Crippen LogP contribution in [-0.2, 0) is 11.2 Å². The second-order valence-electron chi connectivity index (χ2n) is 6.32. The van der Waals surface area contributed by atoms with Crippen molar-refractivity contribution < 1.29 is 9.53 Å². The largest absolute Gasteiger partial charge is 0.497 e. The van der Waals surface area contributed by atoms with Gasteiger partial charge in [0.05, 0.1) is 7.11 Å². The molecule has 0 fully saturated rings. The van der Waals surface area contributed by atoms with Crippen molar-refractivity contribution in [2.24, 2.45) is 0 Å². The van der Waals surface area contributed by atoms with Crippen LogP contribution < -0.4 is 10.1 Å². The van der Waals surface area contributed by atoms with Crippen molar-refractivity contribution in [1.29, 1.82) is 0 Å². The van der Waals surface area contributed by atoms with Crippen LogP contribution in [0.2, 0.25) is 0 Å². The van der Waals surface area contributed by atoms with Gasteiger partial charge in [-0.25, -0.2) is 9.97 Å². The molecule has 0 saturated carbocycles. The standard InChI is InChI=1S/C22H20N4O2/c1-28-18-11-9-16(10-12-18)24-21(27)14-13-20-25-19-8-5-15-23-22(19)26(20)17-6-3-2-4-7-17/h2-12,15H,13-14H2,1H3,(H,24,27). The molecule has 0 bridgehead atoms. The van der Waals surface area contributed by atoms with Gasteiger partial charge in [0.15, 0.2) is 5.65 Å². The third kappa shape index (κ3) is 3.71. The Labute approximate surface area is 162 Å². The molecule has 0 aliphatic heterocycles. The van der Waals surface area contributed by atoms with Gasteiger partial charge in [0.2, 0.25) is 5.91 Å². The molecule has 140 valence electrons. The Balaban J connectivity index is 1.53. The SMILES string of the molecule is COc1ccc(NC(=O)CCc2nc3cccnc3n2-c2ccccc2)cc1. The average molecular weight is 372 g/mol. The fraction of sp³-hybridized carbons (Fsp3) is 0.136. The van der Waals surface area contributed by atoms with E-state index in [2.05, 4.69) is 10.3 Å². The van der Waals surface area contributed by atoms with Crippen molar-refractivity contribution in [2.45, 2.75) is 12.8 Å². The lowest BCUT2D eigenvalue weighted by atomic mass is 10.2. The summed E-state index contributed by atoms with van der Waals surface area (Å²) in [6, 6.07) is 21.0. The summed E-state index contributed by atoms with van der Waals surface area (Å²) in [6.07, 6.45) is 2.58. The van der Waals surface area contributed by atoms with Crippen molar-refractivity contribution in [3.05, 3.63) is 78.8 Å². The lowest BCUT2D eigenvalue weighted by molar-refractivity contribution is -0.116. The molecule has 1 N–H and O–H groups in total. The van der Waals surface area contributed by atoms with E-state index in [1.807, 2.05) is 71.3 Å². The van der Waals surface area contributed by atoms with Gasteiger partial charge in [-0.1, -0.05) is 18.2 Å². The molecule has 0 unspecified atom stereocenters. The van der Waals surface area contributed by atoms with Gasteiger partial charge in [-0.2, -0.15) is 0 Å². The van der Waals surface area contributed by atoms with Gasteiger partial charge in [0.25, 0.3) is 0 Å². The molecule has 4 rings (SSSR count). The topological polar surface area (TPSA) is 69.0 Å². The number of rotatable bonds is 6. The molecule has 2 aromatic heterocycles. The number of methoxy groups -OCH3 is 1. The van der Waals surface area contributed by atoms with Gasteiger partial charge in [0, 0.05) is 30.4 Å². The summed E-state index contributed by atoms with van der Waals surface area (Å²) in [4.78, 5) is 21.6. The molecule has 0 aliphatic carbocycles. The molecular formula is C22H20N4O2. The Kier molecular flexibility index (Phi) is 5.01. The smallest absolute Gasteiger partial charge is 0.224 e. The van der Waals surface area contributed by atoms with E-state index in [1.165, 1.54) is 0 Å². The highest BCUT2D eigenvalue weighted by Gasteiger charge is 2.14. The number of benzene rings is 2. The van der Waals surface area contributed by atoms with Gasteiger partial charge in [-0.3, -0.25) is 9.36 Å². The van der Waals surface area contributed by atoms with Crippen LogP contribution in [0, 0.1) is 0 Å². The first-order chi connectivity index (χ1) is 13.7. The van der Waals surface area contributed by atoms with Gasteiger partial charge in [-0.05, 0) is 48.5 Å². The van der Waals surface area contributed by atoms with Gasteiger partial charge >= 0.3 is 0 Å². The van der Waals surface area contributed by atoms with E-state index < -0.39 is 0 Å². The fourth-order valence-corrected chi connectivity index (χ4v) is 3.10. The van der Waals surface area contributed by atoms with Crippen molar-refractivity contribution in [1.82, 2.24) is 14.5 Å². The molecule has 1 amide bonds. The van der Waals surface area contributed by atoms with E-state index in [9.17, 15) is 4.79 Å². The number of nitrogens with one attached hydrogen (secondary N) is 1. The minimum Gasteiger partial charge on any atom is -0.497 e. The molecule has 2 heterocycles. The van der Waals surface area contributed by atoms with E-state index in [0.717, 1.165) is 34.1 Å². The number of ether oxygens (including phenoxy) is 1. The van der Waals surface area contributed by atoms with Crippen molar-refractivity contribution in [3.63, 3.8) is 0 Å². The number of hydrogen-bond donors (Lipinski definition) is 1.